The minimum absolute atomic E-state index is 0.0420. The Bertz CT molecular complexity index is 1030. The quantitative estimate of drug-likeness (QED) is 0.334. The molecule has 2 aromatic carbocycles. The molecule has 150 valence electrons. The summed E-state index contributed by atoms with van der Waals surface area (Å²) in [5.41, 5.74) is 2.50. The first kappa shape index (κ1) is 20.0. The van der Waals surface area contributed by atoms with Crippen LogP contribution in [0.1, 0.15) is 30.0 Å². The Kier molecular flexibility index (Phi) is 5.87. The van der Waals surface area contributed by atoms with Gasteiger partial charge < -0.3 is 13.9 Å². The maximum atomic E-state index is 12.1. The second-order valence-corrected chi connectivity index (χ2v) is 6.37. The lowest BCUT2D eigenvalue weighted by atomic mass is 10.1. The maximum absolute atomic E-state index is 12.1. The lowest BCUT2D eigenvalue weighted by molar-refractivity contribution is -0.384. The molecule has 29 heavy (non-hydrogen) atoms. The maximum Gasteiger partial charge on any atom is 0.344 e. The van der Waals surface area contributed by atoms with Crippen LogP contribution in [0.5, 0.6) is 5.75 Å². The SMILES string of the molecule is Cc1cccc(OCC(=O)O[C@@H](C)c2nnc(-c3ccc([N+](=O)[O-])cc3)o2)c1C. The molecule has 9 nitrogen and oxygen atoms in total. The van der Waals surface area contributed by atoms with Crippen molar-refractivity contribution in [2.75, 3.05) is 6.61 Å². The van der Waals surface area contributed by atoms with Gasteiger partial charge in [0.05, 0.1) is 4.92 Å². The van der Waals surface area contributed by atoms with Crippen LogP contribution in [-0.4, -0.2) is 27.7 Å². The Morgan fingerprint density at radius 3 is 2.59 bits per heavy atom. The van der Waals surface area contributed by atoms with Gasteiger partial charge in [-0.2, -0.15) is 0 Å². The number of carbonyl (C=O) groups is 1. The second-order valence-electron chi connectivity index (χ2n) is 6.37. The van der Waals surface area contributed by atoms with Crippen molar-refractivity contribution < 1.29 is 23.6 Å². The van der Waals surface area contributed by atoms with Gasteiger partial charge in [-0.1, -0.05) is 12.1 Å². The molecule has 0 aliphatic heterocycles. The Morgan fingerprint density at radius 1 is 1.17 bits per heavy atom. The summed E-state index contributed by atoms with van der Waals surface area (Å²) in [6, 6.07) is 11.3. The Balaban J connectivity index is 1.59. The minimum atomic E-state index is -0.774. The molecule has 9 heteroatoms. The zero-order chi connectivity index (χ0) is 21.0. The lowest BCUT2D eigenvalue weighted by Crippen LogP contribution is -2.17. The van der Waals surface area contributed by atoms with Gasteiger partial charge in [-0.05, 0) is 50.1 Å². The second kappa shape index (κ2) is 8.51. The summed E-state index contributed by atoms with van der Waals surface area (Å²) in [7, 11) is 0. The zero-order valence-corrected chi connectivity index (χ0v) is 16.1. The van der Waals surface area contributed by atoms with Crippen molar-refractivity contribution in [3.8, 4) is 17.2 Å². The van der Waals surface area contributed by atoms with Gasteiger partial charge in [0, 0.05) is 17.7 Å². The highest BCUT2D eigenvalue weighted by molar-refractivity contribution is 5.71. The third kappa shape index (κ3) is 4.75. The number of ether oxygens (including phenoxy) is 2. The van der Waals surface area contributed by atoms with Crippen LogP contribution in [0.4, 0.5) is 5.69 Å². The Labute approximate surface area is 166 Å². The number of benzene rings is 2. The fourth-order valence-corrected chi connectivity index (χ4v) is 2.54. The summed E-state index contributed by atoms with van der Waals surface area (Å²) in [6.45, 7) is 5.22. The van der Waals surface area contributed by atoms with E-state index in [1.54, 1.807) is 13.0 Å². The normalized spacial score (nSPS) is 11.7. The van der Waals surface area contributed by atoms with E-state index in [1.807, 2.05) is 26.0 Å². The highest BCUT2D eigenvalue weighted by Gasteiger charge is 2.20. The average molecular weight is 397 g/mol. The zero-order valence-electron chi connectivity index (χ0n) is 16.1. The summed E-state index contributed by atoms with van der Waals surface area (Å²) in [5.74, 6) is 0.323. The first-order chi connectivity index (χ1) is 13.8. The topological polar surface area (TPSA) is 118 Å². The van der Waals surface area contributed by atoms with E-state index in [1.165, 1.54) is 24.3 Å². The standard InChI is InChI=1S/C20H19N3O6/c1-12-5-4-6-17(13(12)2)27-11-18(24)28-14(3)19-21-22-20(29-19)15-7-9-16(10-8-15)23(25)26/h4-10,14H,11H2,1-3H3/t14-/m0/s1. The number of carbonyl (C=O) groups excluding carboxylic acids is 1. The molecular weight excluding hydrogens is 378 g/mol. The third-order valence-electron chi connectivity index (χ3n) is 4.32. The molecule has 0 unspecified atom stereocenters. The third-order valence-corrected chi connectivity index (χ3v) is 4.32. The van der Waals surface area contributed by atoms with E-state index in [9.17, 15) is 14.9 Å². The molecule has 3 aromatic rings. The summed E-state index contributed by atoms with van der Waals surface area (Å²) >= 11 is 0. The molecule has 0 spiro atoms. The van der Waals surface area contributed by atoms with E-state index in [-0.39, 0.29) is 24.1 Å². The van der Waals surface area contributed by atoms with Gasteiger partial charge in [0.25, 0.3) is 11.6 Å². The van der Waals surface area contributed by atoms with Crippen LogP contribution in [0.25, 0.3) is 11.5 Å². The molecule has 0 radical (unpaired) electrons. The van der Waals surface area contributed by atoms with Crippen LogP contribution in [0.15, 0.2) is 46.9 Å². The summed E-state index contributed by atoms with van der Waals surface area (Å²) in [6.07, 6.45) is -0.774. The molecule has 1 aromatic heterocycles. The minimum Gasteiger partial charge on any atom is -0.482 e. The number of esters is 1. The van der Waals surface area contributed by atoms with Crippen molar-refractivity contribution >= 4 is 11.7 Å². The molecule has 0 bridgehead atoms. The van der Waals surface area contributed by atoms with E-state index in [0.717, 1.165) is 11.1 Å². The van der Waals surface area contributed by atoms with Crippen molar-refractivity contribution in [2.24, 2.45) is 0 Å². The van der Waals surface area contributed by atoms with Crippen LogP contribution < -0.4 is 4.74 Å². The molecule has 0 fully saturated rings. The molecule has 0 aliphatic rings. The predicted octanol–water partition coefficient (Wildman–Crippen LogP) is 3.94. The molecule has 0 saturated carbocycles. The van der Waals surface area contributed by atoms with Gasteiger partial charge >= 0.3 is 5.97 Å². The number of hydrogen-bond donors (Lipinski definition) is 0. The fourth-order valence-electron chi connectivity index (χ4n) is 2.54. The van der Waals surface area contributed by atoms with Crippen molar-refractivity contribution in [1.29, 1.82) is 0 Å². The molecule has 0 aliphatic carbocycles. The number of non-ortho nitro benzene ring substituents is 1. The van der Waals surface area contributed by atoms with Gasteiger partial charge in [0.2, 0.25) is 5.89 Å². The number of nitrogens with zero attached hydrogens (tertiary/aromatic N) is 3. The number of aromatic nitrogens is 2. The van der Waals surface area contributed by atoms with Crippen LogP contribution in [0.3, 0.4) is 0 Å². The van der Waals surface area contributed by atoms with Crippen molar-refractivity contribution in [3.63, 3.8) is 0 Å². The van der Waals surface area contributed by atoms with E-state index in [0.29, 0.717) is 11.3 Å². The number of rotatable bonds is 7. The van der Waals surface area contributed by atoms with Crippen LogP contribution >= 0.6 is 0 Å². The summed E-state index contributed by atoms with van der Waals surface area (Å²) in [4.78, 5) is 22.3. The highest BCUT2D eigenvalue weighted by Crippen LogP contribution is 2.25. The van der Waals surface area contributed by atoms with E-state index in [2.05, 4.69) is 10.2 Å². The van der Waals surface area contributed by atoms with Gasteiger partial charge in [0.15, 0.2) is 12.7 Å². The van der Waals surface area contributed by atoms with Gasteiger partial charge in [-0.3, -0.25) is 10.1 Å². The summed E-state index contributed by atoms with van der Waals surface area (Å²) < 4.78 is 16.3. The molecule has 1 atom stereocenters. The monoisotopic (exact) mass is 397 g/mol. The first-order valence-electron chi connectivity index (χ1n) is 8.82. The van der Waals surface area contributed by atoms with E-state index < -0.39 is 17.0 Å². The first-order valence-corrected chi connectivity index (χ1v) is 8.82. The lowest BCUT2D eigenvalue weighted by Gasteiger charge is -2.12. The molecule has 3 rings (SSSR count). The smallest absolute Gasteiger partial charge is 0.344 e. The summed E-state index contributed by atoms with van der Waals surface area (Å²) in [5, 5.41) is 18.5. The highest BCUT2D eigenvalue weighted by atomic mass is 16.6. The molecule has 1 heterocycles. The Hall–Kier alpha value is -3.75. The van der Waals surface area contributed by atoms with Gasteiger partial charge in [-0.15, -0.1) is 10.2 Å². The van der Waals surface area contributed by atoms with Crippen LogP contribution in [0.2, 0.25) is 0 Å². The predicted molar refractivity (Wildman–Crippen MR) is 102 cm³/mol. The van der Waals surface area contributed by atoms with Crippen molar-refractivity contribution in [2.45, 2.75) is 26.9 Å². The number of hydrogen-bond acceptors (Lipinski definition) is 8. The fraction of sp³-hybridized carbons (Fsp3) is 0.250. The van der Waals surface area contributed by atoms with Gasteiger partial charge in [-0.25, -0.2) is 4.79 Å². The number of nitro groups is 1. The van der Waals surface area contributed by atoms with E-state index >= 15 is 0 Å². The molecule has 0 amide bonds. The molecule has 0 N–H and O–H groups in total. The number of nitro benzene ring substituents is 1. The van der Waals surface area contributed by atoms with Crippen molar-refractivity contribution in [3.05, 3.63) is 69.6 Å². The molecule has 0 saturated heterocycles. The van der Waals surface area contributed by atoms with E-state index in [4.69, 9.17) is 13.9 Å². The average Bonchev–Trinajstić information content (AvgIpc) is 3.19. The largest absolute Gasteiger partial charge is 0.482 e. The Morgan fingerprint density at radius 2 is 1.90 bits per heavy atom. The van der Waals surface area contributed by atoms with Crippen LogP contribution in [-0.2, 0) is 9.53 Å². The van der Waals surface area contributed by atoms with Gasteiger partial charge in [0.1, 0.15) is 5.75 Å². The van der Waals surface area contributed by atoms with Crippen molar-refractivity contribution in [1.82, 2.24) is 10.2 Å². The van der Waals surface area contributed by atoms with Crippen LogP contribution in [0, 0.1) is 24.0 Å². The molecular formula is C20H19N3O6. The number of aryl methyl sites for hydroxylation is 1.